The Hall–Kier alpha value is -3.19. The first-order valence-electron chi connectivity index (χ1n) is 8.83. The van der Waals surface area contributed by atoms with Crippen LogP contribution in [-0.4, -0.2) is 18.4 Å². The number of carbonyl (C=O) groups is 2. The minimum Gasteiger partial charge on any atom is -0.456 e. The second-order valence-corrected chi connectivity index (χ2v) is 6.27. The molecule has 0 atom stereocenters. The monoisotopic (exact) mass is 367 g/mol. The van der Waals surface area contributed by atoms with Crippen molar-refractivity contribution in [3.8, 4) is 0 Å². The maximum atomic E-state index is 12.6. The molecule has 140 valence electrons. The Kier molecular flexibility index (Phi) is 5.83. The number of para-hydroxylation sites is 1. The second kappa shape index (κ2) is 8.46. The van der Waals surface area contributed by atoms with Gasteiger partial charge in [0.2, 0.25) is 11.3 Å². The highest BCUT2D eigenvalue weighted by Gasteiger charge is 2.11. The van der Waals surface area contributed by atoms with Crippen LogP contribution in [0.3, 0.4) is 0 Å². The number of carbonyl (C=O) groups excluding carboxylic acids is 2. The van der Waals surface area contributed by atoms with E-state index in [0.717, 1.165) is 12.8 Å². The normalized spacial score (nSPS) is 10.9. The standard InChI is InChI=1S/C20H21N3O4/c21-23-18(24)8-2-1-5-11-22-20(26)13-9-10-17-15(12-13)19(25)14-6-3-4-7-16(14)27-17/h3-4,6-7,9-10,12H,1-2,5,8,11,21H2,(H,22,26)(H,23,24). The van der Waals surface area contributed by atoms with Gasteiger partial charge in [0.15, 0.2) is 0 Å². The zero-order chi connectivity index (χ0) is 19.2. The van der Waals surface area contributed by atoms with Crippen molar-refractivity contribution in [1.29, 1.82) is 0 Å². The summed E-state index contributed by atoms with van der Waals surface area (Å²) < 4.78 is 5.74. The minimum absolute atomic E-state index is 0.153. The maximum Gasteiger partial charge on any atom is 0.251 e. The summed E-state index contributed by atoms with van der Waals surface area (Å²) in [6, 6.07) is 11.9. The summed E-state index contributed by atoms with van der Waals surface area (Å²) in [6.07, 6.45) is 2.65. The number of nitrogens with one attached hydrogen (secondary N) is 2. The molecule has 27 heavy (non-hydrogen) atoms. The Morgan fingerprint density at radius 1 is 0.963 bits per heavy atom. The van der Waals surface area contributed by atoms with E-state index in [1.165, 1.54) is 0 Å². The Bertz CT molecular complexity index is 1040. The first-order chi connectivity index (χ1) is 13.1. The Morgan fingerprint density at radius 2 is 1.74 bits per heavy atom. The molecular weight excluding hydrogens is 346 g/mol. The maximum absolute atomic E-state index is 12.6. The second-order valence-electron chi connectivity index (χ2n) is 6.27. The smallest absolute Gasteiger partial charge is 0.251 e. The lowest BCUT2D eigenvalue weighted by molar-refractivity contribution is -0.121. The summed E-state index contributed by atoms with van der Waals surface area (Å²) >= 11 is 0. The molecule has 2 amide bonds. The molecule has 4 N–H and O–H groups in total. The molecule has 3 rings (SSSR count). The largest absolute Gasteiger partial charge is 0.456 e. The Labute approximate surface area is 155 Å². The van der Waals surface area contributed by atoms with Crippen LogP contribution >= 0.6 is 0 Å². The van der Waals surface area contributed by atoms with Gasteiger partial charge in [-0.15, -0.1) is 0 Å². The highest BCUT2D eigenvalue weighted by molar-refractivity contribution is 5.99. The van der Waals surface area contributed by atoms with Crippen LogP contribution in [0.15, 0.2) is 51.7 Å². The molecule has 0 aliphatic rings. The van der Waals surface area contributed by atoms with Crippen LogP contribution in [0.5, 0.6) is 0 Å². The molecular formula is C20H21N3O4. The number of hydrogen-bond donors (Lipinski definition) is 3. The van der Waals surface area contributed by atoms with Crippen molar-refractivity contribution in [2.45, 2.75) is 25.7 Å². The van der Waals surface area contributed by atoms with Crippen molar-refractivity contribution in [2.24, 2.45) is 5.84 Å². The van der Waals surface area contributed by atoms with Crippen molar-refractivity contribution in [1.82, 2.24) is 10.7 Å². The zero-order valence-electron chi connectivity index (χ0n) is 14.8. The number of hydrazine groups is 1. The fourth-order valence-corrected chi connectivity index (χ4v) is 2.91. The highest BCUT2D eigenvalue weighted by atomic mass is 16.3. The third kappa shape index (κ3) is 4.32. The van der Waals surface area contributed by atoms with Crippen LogP contribution in [-0.2, 0) is 4.79 Å². The topological polar surface area (TPSA) is 114 Å². The molecule has 7 nitrogen and oxygen atoms in total. The van der Waals surface area contributed by atoms with Gasteiger partial charge < -0.3 is 9.73 Å². The summed E-state index contributed by atoms with van der Waals surface area (Å²) in [4.78, 5) is 36.0. The molecule has 0 radical (unpaired) electrons. The quantitative estimate of drug-likeness (QED) is 0.195. The molecule has 3 aromatic rings. The molecule has 1 aromatic heterocycles. The number of unbranched alkanes of at least 4 members (excludes halogenated alkanes) is 2. The van der Waals surface area contributed by atoms with Gasteiger partial charge in [-0.25, -0.2) is 5.84 Å². The van der Waals surface area contributed by atoms with Gasteiger partial charge in [0.05, 0.1) is 10.8 Å². The minimum atomic E-state index is -0.246. The third-order valence-corrected chi connectivity index (χ3v) is 4.37. The average Bonchev–Trinajstić information content (AvgIpc) is 2.70. The van der Waals surface area contributed by atoms with Gasteiger partial charge in [-0.05, 0) is 43.2 Å². The summed E-state index contributed by atoms with van der Waals surface area (Å²) in [5, 5.41) is 3.70. The first kappa shape index (κ1) is 18.6. The number of fused-ring (bicyclic) bond motifs is 2. The molecule has 0 saturated heterocycles. The highest BCUT2D eigenvalue weighted by Crippen LogP contribution is 2.19. The number of benzene rings is 2. The molecule has 2 aromatic carbocycles. The van der Waals surface area contributed by atoms with Gasteiger partial charge in [0.25, 0.3) is 5.91 Å². The van der Waals surface area contributed by atoms with Crippen molar-refractivity contribution in [2.75, 3.05) is 6.54 Å². The molecule has 0 aliphatic carbocycles. The van der Waals surface area contributed by atoms with Crippen LogP contribution in [0.1, 0.15) is 36.0 Å². The average molecular weight is 367 g/mol. The summed E-state index contributed by atoms with van der Waals surface area (Å²) in [6.45, 7) is 0.493. The predicted octanol–water partition coefficient (Wildman–Crippen LogP) is 2.23. The fraction of sp³-hybridized carbons (Fsp3) is 0.250. The fourth-order valence-electron chi connectivity index (χ4n) is 2.91. The van der Waals surface area contributed by atoms with E-state index in [-0.39, 0.29) is 17.2 Å². The first-order valence-corrected chi connectivity index (χ1v) is 8.83. The lowest BCUT2D eigenvalue weighted by atomic mass is 10.1. The molecule has 0 bridgehead atoms. The van der Waals surface area contributed by atoms with Gasteiger partial charge >= 0.3 is 0 Å². The van der Waals surface area contributed by atoms with Gasteiger partial charge in [0, 0.05) is 18.5 Å². The molecule has 7 heteroatoms. The van der Waals surface area contributed by atoms with Gasteiger partial charge in [-0.1, -0.05) is 18.6 Å². The van der Waals surface area contributed by atoms with Crippen molar-refractivity contribution in [3.63, 3.8) is 0 Å². The van der Waals surface area contributed by atoms with Gasteiger partial charge in [0.1, 0.15) is 11.2 Å². The van der Waals surface area contributed by atoms with Crippen molar-refractivity contribution >= 4 is 33.8 Å². The zero-order valence-corrected chi connectivity index (χ0v) is 14.8. The lowest BCUT2D eigenvalue weighted by Crippen LogP contribution is -2.29. The van der Waals surface area contributed by atoms with Crippen LogP contribution in [0.25, 0.3) is 21.9 Å². The van der Waals surface area contributed by atoms with Crippen LogP contribution in [0.2, 0.25) is 0 Å². The van der Waals surface area contributed by atoms with E-state index in [1.54, 1.807) is 42.5 Å². The van der Waals surface area contributed by atoms with Gasteiger partial charge in [-0.3, -0.25) is 19.8 Å². The number of rotatable bonds is 7. The van der Waals surface area contributed by atoms with E-state index >= 15 is 0 Å². The Morgan fingerprint density at radius 3 is 2.56 bits per heavy atom. The lowest BCUT2D eigenvalue weighted by Gasteiger charge is -2.07. The van der Waals surface area contributed by atoms with Crippen molar-refractivity contribution in [3.05, 3.63) is 58.3 Å². The summed E-state index contributed by atoms with van der Waals surface area (Å²) in [7, 11) is 0. The van der Waals surface area contributed by atoms with Crippen LogP contribution in [0.4, 0.5) is 0 Å². The van der Waals surface area contributed by atoms with E-state index in [0.29, 0.717) is 46.9 Å². The van der Waals surface area contributed by atoms with E-state index in [1.807, 2.05) is 0 Å². The van der Waals surface area contributed by atoms with Gasteiger partial charge in [-0.2, -0.15) is 0 Å². The summed E-state index contributed by atoms with van der Waals surface area (Å²) in [5.41, 5.74) is 3.32. The molecule has 0 fully saturated rings. The predicted molar refractivity (Wildman–Crippen MR) is 103 cm³/mol. The molecule has 1 heterocycles. The van der Waals surface area contributed by atoms with E-state index in [2.05, 4.69) is 10.7 Å². The van der Waals surface area contributed by atoms with E-state index in [9.17, 15) is 14.4 Å². The Balaban J connectivity index is 1.65. The van der Waals surface area contributed by atoms with E-state index < -0.39 is 0 Å². The summed E-state index contributed by atoms with van der Waals surface area (Å²) in [5.74, 6) is 4.57. The van der Waals surface area contributed by atoms with E-state index in [4.69, 9.17) is 10.3 Å². The van der Waals surface area contributed by atoms with Crippen LogP contribution in [0, 0.1) is 0 Å². The number of nitrogens with two attached hydrogens (primary N) is 1. The molecule has 0 spiro atoms. The molecule has 0 aliphatic heterocycles. The number of hydrogen-bond acceptors (Lipinski definition) is 5. The SMILES string of the molecule is NNC(=O)CCCCCNC(=O)c1ccc2oc3ccccc3c(=O)c2c1. The molecule has 0 unspecified atom stereocenters. The van der Waals surface area contributed by atoms with Crippen LogP contribution < -0.4 is 22.0 Å². The number of amides is 2. The van der Waals surface area contributed by atoms with Crippen molar-refractivity contribution < 1.29 is 14.0 Å². The third-order valence-electron chi connectivity index (χ3n) is 4.37. The molecule has 0 saturated carbocycles.